The van der Waals surface area contributed by atoms with Gasteiger partial charge < -0.3 is 10.6 Å². The van der Waals surface area contributed by atoms with E-state index in [-0.39, 0.29) is 11.8 Å². The zero-order valence-corrected chi connectivity index (χ0v) is 13.9. The molecule has 0 atom stereocenters. The Balaban J connectivity index is 2.40. The number of hydrogen-bond donors (Lipinski definition) is 2. The van der Waals surface area contributed by atoms with E-state index in [0.717, 1.165) is 18.4 Å². The fraction of sp³-hybridized carbons (Fsp3) is 0.467. The molecule has 0 unspecified atom stereocenters. The molecule has 6 heteroatoms. The zero-order chi connectivity index (χ0) is 16.0. The predicted molar refractivity (Wildman–Crippen MR) is 85.7 cm³/mol. The number of benzene rings is 1. The van der Waals surface area contributed by atoms with E-state index < -0.39 is 5.54 Å². The number of carbonyl (C=O) groups is 2. The summed E-state index contributed by atoms with van der Waals surface area (Å²) in [6.07, 6.45) is 1.50. The van der Waals surface area contributed by atoms with Gasteiger partial charge in [-0.05, 0) is 44.4 Å². The maximum Gasteiger partial charge on any atom is 0.245 e. The highest BCUT2D eigenvalue weighted by molar-refractivity contribution is 6.35. The van der Waals surface area contributed by atoms with Crippen LogP contribution in [0.1, 0.15) is 32.8 Å². The molecule has 0 fully saturated rings. The van der Waals surface area contributed by atoms with E-state index in [1.807, 2.05) is 6.07 Å². The lowest BCUT2D eigenvalue weighted by molar-refractivity contribution is -0.131. The van der Waals surface area contributed by atoms with Crippen molar-refractivity contribution in [1.82, 2.24) is 10.6 Å². The van der Waals surface area contributed by atoms with Crippen LogP contribution in [0.4, 0.5) is 0 Å². The molecule has 0 saturated heterocycles. The molecule has 1 aromatic rings. The average molecular weight is 331 g/mol. The predicted octanol–water partition coefficient (Wildman–Crippen LogP) is 2.96. The third kappa shape index (κ3) is 5.94. The van der Waals surface area contributed by atoms with Crippen molar-refractivity contribution in [3.05, 3.63) is 33.8 Å². The Kier molecular flexibility index (Phi) is 6.49. The number of carbonyl (C=O) groups excluding carboxylic acids is 2. The maximum atomic E-state index is 12.0. The summed E-state index contributed by atoms with van der Waals surface area (Å²) in [5, 5.41) is 6.65. The van der Waals surface area contributed by atoms with Crippen LogP contribution in [0.3, 0.4) is 0 Å². The minimum atomic E-state index is -0.913. The molecule has 0 radical (unpaired) electrons. The first-order valence-electron chi connectivity index (χ1n) is 6.73. The summed E-state index contributed by atoms with van der Waals surface area (Å²) >= 11 is 11.9. The van der Waals surface area contributed by atoms with Crippen molar-refractivity contribution in [3.8, 4) is 0 Å². The summed E-state index contributed by atoms with van der Waals surface area (Å²) < 4.78 is 0. The third-order valence-corrected chi connectivity index (χ3v) is 3.57. The number of hydrogen-bond acceptors (Lipinski definition) is 2. The average Bonchev–Trinajstić information content (AvgIpc) is 2.34. The van der Waals surface area contributed by atoms with Crippen molar-refractivity contribution in [2.24, 2.45) is 0 Å². The number of nitrogens with one attached hydrogen (secondary N) is 2. The highest BCUT2D eigenvalue weighted by atomic mass is 35.5. The Morgan fingerprint density at radius 3 is 2.48 bits per heavy atom. The van der Waals surface area contributed by atoms with Crippen molar-refractivity contribution >= 4 is 35.0 Å². The van der Waals surface area contributed by atoms with Gasteiger partial charge in [-0.15, -0.1) is 0 Å². The Labute approximate surface area is 135 Å². The van der Waals surface area contributed by atoms with E-state index in [0.29, 0.717) is 16.6 Å². The quantitative estimate of drug-likeness (QED) is 0.788. The minimum Gasteiger partial charge on any atom is -0.354 e. The normalized spacial score (nSPS) is 11.1. The Hall–Kier alpha value is -1.26. The van der Waals surface area contributed by atoms with Gasteiger partial charge in [0, 0.05) is 23.5 Å². The first kappa shape index (κ1) is 17.8. The van der Waals surface area contributed by atoms with Crippen molar-refractivity contribution in [2.45, 2.75) is 39.2 Å². The van der Waals surface area contributed by atoms with E-state index in [1.54, 1.807) is 26.0 Å². The molecule has 0 aliphatic heterocycles. The number of amides is 2. The highest BCUT2D eigenvalue weighted by Gasteiger charge is 2.27. The Bertz CT molecular complexity index is 530. The lowest BCUT2D eigenvalue weighted by atomic mass is 10.0. The van der Waals surface area contributed by atoms with Crippen molar-refractivity contribution in [1.29, 1.82) is 0 Å². The second-order valence-corrected chi connectivity index (χ2v) is 6.25. The zero-order valence-electron chi connectivity index (χ0n) is 12.4. The largest absolute Gasteiger partial charge is 0.354 e. The van der Waals surface area contributed by atoms with Crippen molar-refractivity contribution < 1.29 is 9.59 Å². The SMILES string of the molecule is CC(=O)NC(C)(C)C(=O)NCCCc1ccc(Cl)cc1Cl. The summed E-state index contributed by atoms with van der Waals surface area (Å²) in [6.45, 7) is 5.23. The first-order chi connectivity index (χ1) is 9.72. The molecule has 0 aromatic heterocycles. The molecular formula is C15H20Cl2N2O2. The molecule has 0 spiro atoms. The molecule has 0 bridgehead atoms. The number of rotatable bonds is 6. The van der Waals surface area contributed by atoms with Gasteiger partial charge >= 0.3 is 0 Å². The molecule has 0 heterocycles. The van der Waals surface area contributed by atoms with Crippen LogP contribution < -0.4 is 10.6 Å². The second kappa shape index (κ2) is 7.66. The first-order valence-corrected chi connectivity index (χ1v) is 7.49. The summed E-state index contributed by atoms with van der Waals surface area (Å²) in [7, 11) is 0. The van der Waals surface area contributed by atoms with E-state index >= 15 is 0 Å². The van der Waals surface area contributed by atoms with Crippen molar-refractivity contribution in [2.75, 3.05) is 6.54 Å². The van der Waals surface area contributed by atoms with E-state index in [4.69, 9.17) is 23.2 Å². The molecule has 2 N–H and O–H groups in total. The van der Waals surface area contributed by atoms with Crippen LogP contribution in [0.2, 0.25) is 10.0 Å². The van der Waals surface area contributed by atoms with Crippen LogP contribution in [0.5, 0.6) is 0 Å². The van der Waals surface area contributed by atoms with E-state index in [2.05, 4.69) is 10.6 Å². The van der Waals surface area contributed by atoms with Gasteiger partial charge in [-0.3, -0.25) is 9.59 Å². The fourth-order valence-electron chi connectivity index (χ4n) is 1.92. The Morgan fingerprint density at radius 1 is 1.24 bits per heavy atom. The number of aryl methyl sites for hydroxylation is 1. The van der Waals surface area contributed by atoms with Crippen LogP contribution in [-0.4, -0.2) is 23.9 Å². The lowest BCUT2D eigenvalue weighted by Gasteiger charge is -2.24. The van der Waals surface area contributed by atoms with Crippen LogP contribution >= 0.6 is 23.2 Å². The van der Waals surface area contributed by atoms with Crippen LogP contribution in [-0.2, 0) is 16.0 Å². The second-order valence-electron chi connectivity index (χ2n) is 5.40. The van der Waals surface area contributed by atoms with E-state index in [9.17, 15) is 9.59 Å². The molecule has 0 aliphatic rings. The molecule has 21 heavy (non-hydrogen) atoms. The van der Waals surface area contributed by atoms with Gasteiger partial charge in [0.2, 0.25) is 11.8 Å². The topological polar surface area (TPSA) is 58.2 Å². The molecule has 116 valence electrons. The third-order valence-electron chi connectivity index (χ3n) is 2.98. The number of halogens is 2. The Morgan fingerprint density at radius 2 is 1.90 bits per heavy atom. The van der Waals surface area contributed by atoms with Crippen LogP contribution in [0.15, 0.2) is 18.2 Å². The van der Waals surface area contributed by atoms with Gasteiger partial charge in [0.25, 0.3) is 0 Å². The molecule has 1 aromatic carbocycles. The van der Waals surface area contributed by atoms with Gasteiger partial charge in [0.15, 0.2) is 0 Å². The summed E-state index contributed by atoms with van der Waals surface area (Å²) in [5.41, 5.74) is 0.0838. The van der Waals surface area contributed by atoms with Gasteiger partial charge in [0.1, 0.15) is 5.54 Å². The summed E-state index contributed by atoms with van der Waals surface area (Å²) in [4.78, 5) is 23.0. The van der Waals surface area contributed by atoms with Gasteiger partial charge in [0.05, 0.1) is 0 Å². The maximum absolute atomic E-state index is 12.0. The molecule has 2 amide bonds. The highest BCUT2D eigenvalue weighted by Crippen LogP contribution is 2.21. The lowest BCUT2D eigenvalue weighted by Crippen LogP contribution is -2.54. The van der Waals surface area contributed by atoms with Gasteiger partial charge in [-0.25, -0.2) is 0 Å². The van der Waals surface area contributed by atoms with E-state index in [1.165, 1.54) is 6.92 Å². The smallest absolute Gasteiger partial charge is 0.245 e. The molecule has 0 saturated carbocycles. The van der Waals surface area contributed by atoms with Crippen molar-refractivity contribution in [3.63, 3.8) is 0 Å². The van der Waals surface area contributed by atoms with Gasteiger partial charge in [-0.2, -0.15) is 0 Å². The van der Waals surface area contributed by atoms with Crippen LogP contribution in [0, 0.1) is 0 Å². The molecular weight excluding hydrogens is 311 g/mol. The van der Waals surface area contributed by atoms with Crippen LogP contribution in [0.25, 0.3) is 0 Å². The minimum absolute atomic E-state index is 0.208. The standard InChI is InChI=1S/C15H20Cl2N2O2/c1-10(20)19-15(2,3)14(21)18-8-4-5-11-6-7-12(16)9-13(11)17/h6-7,9H,4-5,8H2,1-3H3,(H,18,21)(H,19,20). The summed E-state index contributed by atoms with van der Waals surface area (Å²) in [5.74, 6) is -0.442. The fourth-order valence-corrected chi connectivity index (χ4v) is 2.43. The monoisotopic (exact) mass is 330 g/mol. The molecule has 4 nitrogen and oxygen atoms in total. The summed E-state index contributed by atoms with van der Waals surface area (Å²) in [6, 6.07) is 5.38. The van der Waals surface area contributed by atoms with Gasteiger partial charge in [-0.1, -0.05) is 29.3 Å². The molecule has 1 rings (SSSR count). The molecule has 0 aliphatic carbocycles.